The monoisotopic (exact) mass is 460 g/mol. The summed E-state index contributed by atoms with van der Waals surface area (Å²) in [5.41, 5.74) is 2.20. The first-order valence-corrected chi connectivity index (χ1v) is 10.6. The van der Waals surface area contributed by atoms with Crippen molar-refractivity contribution in [3.63, 3.8) is 0 Å². The topological polar surface area (TPSA) is 99.9 Å². The predicted octanol–water partition coefficient (Wildman–Crippen LogP) is 3.88. The van der Waals surface area contributed by atoms with Crippen molar-refractivity contribution in [2.24, 2.45) is 0 Å². The summed E-state index contributed by atoms with van der Waals surface area (Å²) in [6, 6.07) is 13.8. The Balaban J connectivity index is 1.53. The SMILES string of the molecule is COc1ccc(-c2c(C)oc3cc(OCC(=O)NCc4cccnc4)ccc3c2=O)cc1OC. The number of hydrogen-bond acceptors (Lipinski definition) is 7. The largest absolute Gasteiger partial charge is 0.493 e. The zero-order chi connectivity index (χ0) is 24.1. The molecular formula is C26H24N2O6. The van der Waals surface area contributed by atoms with Crippen LogP contribution < -0.4 is 25.0 Å². The molecule has 0 saturated carbocycles. The lowest BCUT2D eigenvalue weighted by Crippen LogP contribution is -2.28. The number of methoxy groups -OCH3 is 2. The van der Waals surface area contributed by atoms with E-state index in [0.717, 1.165) is 5.56 Å². The zero-order valence-electron chi connectivity index (χ0n) is 19.1. The fourth-order valence-corrected chi connectivity index (χ4v) is 3.60. The molecule has 0 radical (unpaired) electrons. The number of aromatic nitrogens is 1. The van der Waals surface area contributed by atoms with Gasteiger partial charge < -0.3 is 23.9 Å². The molecule has 1 amide bonds. The molecule has 0 aliphatic heterocycles. The van der Waals surface area contributed by atoms with Gasteiger partial charge in [0.05, 0.1) is 25.2 Å². The van der Waals surface area contributed by atoms with E-state index < -0.39 is 0 Å². The van der Waals surface area contributed by atoms with Crippen LogP contribution >= 0.6 is 0 Å². The van der Waals surface area contributed by atoms with Crippen molar-refractivity contribution in [2.75, 3.05) is 20.8 Å². The number of carbonyl (C=O) groups is 1. The van der Waals surface area contributed by atoms with Crippen molar-refractivity contribution in [3.8, 4) is 28.4 Å². The third-order valence-corrected chi connectivity index (χ3v) is 5.29. The van der Waals surface area contributed by atoms with Gasteiger partial charge in [0.15, 0.2) is 18.1 Å². The predicted molar refractivity (Wildman–Crippen MR) is 127 cm³/mol. The normalized spacial score (nSPS) is 10.7. The molecule has 0 saturated heterocycles. The Morgan fingerprint density at radius 3 is 2.62 bits per heavy atom. The van der Waals surface area contributed by atoms with Gasteiger partial charge in [0.2, 0.25) is 5.43 Å². The number of fused-ring (bicyclic) bond motifs is 1. The third kappa shape index (κ3) is 4.85. The number of pyridine rings is 1. The van der Waals surface area contributed by atoms with E-state index in [1.165, 1.54) is 7.11 Å². The smallest absolute Gasteiger partial charge is 0.258 e. The number of nitrogens with zero attached hydrogens (tertiary/aromatic N) is 1. The molecule has 0 bridgehead atoms. The maximum atomic E-state index is 13.3. The van der Waals surface area contributed by atoms with Crippen molar-refractivity contribution in [3.05, 3.63) is 82.5 Å². The molecule has 0 aliphatic rings. The van der Waals surface area contributed by atoms with Crippen LogP contribution in [0.4, 0.5) is 0 Å². The summed E-state index contributed by atoms with van der Waals surface area (Å²) in [4.78, 5) is 29.4. The molecule has 8 heteroatoms. The molecule has 1 N–H and O–H groups in total. The number of rotatable bonds is 8. The van der Waals surface area contributed by atoms with Gasteiger partial charge in [-0.2, -0.15) is 0 Å². The fraction of sp³-hybridized carbons (Fsp3) is 0.192. The number of aryl methyl sites for hydroxylation is 1. The molecule has 2 aromatic heterocycles. The van der Waals surface area contributed by atoms with Gasteiger partial charge in [-0.1, -0.05) is 12.1 Å². The maximum Gasteiger partial charge on any atom is 0.258 e. The summed E-state index contributed by atoms with van der Waals surface area (Å²) >= 11 is 0. The van der Waals surface area contributed by atoms with Crippen LogP contribution in [-0.4, -0.2) is 31.7 Å². The van der Waals surface area contributed by atoms with Gasteiger partial charge >= 0.3 is 0 Å². The number of carbonyl (C=O) groups excluding carboxylic acids is 1. The highest BCUT2D eigenvalue weighted by Gasteiger charge is 2.16. The highest BCUT2D eigenvalue weighted by atomic mass is 16.5. The van der Waals surface area contributed by atoms with E-state index in [-0.39, 0.29) is 17.9 Å². The Labute approximate surface area is 196 Å². The van der Waals surface area contributed by atoms with Crippen LogP contribution in [0.1, 0.15) is 11.3 Å². The van der Waals surface area contributed by atoms with Crippen molar-refractivity contribution < 1.29 is 23.4 Å². The van der Waals surface area contributed by atoms with Crippen molar-refractivity contribution in [2.45, 2.75) is 13.5 Å². The molecule has 0 fully saturated rings. The van der Waals surface area contributed by atoms with Crippen LogP contribution in [0.25, 0.3) is 22.1 Å². The van der Waals surface area contributed by atoms with Crippen molar-refractivity contribution in [1.82, 2.24) is 10.3 Å². The van der Waals surface area contributed by atoms with Crippen molar-refractivity contribution >= 4 is 16.9 Å². The molecule has 0 spiro atoms. The number of amides is 1. The molecule has 34 heavy (non-hydrogen) atoms. The summed E-state index contributed by atoms with van der Waals surface area (Å²) in [7, 11) is 3.09. The van der Waals surface area contributed by atoms with Gasteiger partial charge in [-0.25, -0.2) is 0 Å². The number of benzene rings is 2. The summed E-state index contributed by atoms with van der Waals surface area (Å²) in [6.45, 7) is 1.92. The highest BCUT2D eigenvalue weighted by Crippen LogP contribution is 2.33. The lowest BCUT2D eigenvalue weighted by atomic mass is 10.0. The molecule has 4 aromatic rings. The number of ether oxygens (including phenoxy) is 3. The Kier molecular flexibility index (Phi) is 6.77. The highest BCUT2D eigenvalue weighted by molar-refractivity contribution is 5.84. The van der Waals surface area contributed by atoms with Gasteiger partial charge in [-0.05, 0) is 48.4 Å². The Hall–Kier alpha value is -4.33. The summed E-state index contributed by atoms with van der Waals surface area (Å²) in [5, 5.41) is 3.18. The minimum atomic E-state index is -0.273. The first kappa shape index (κ1) is 22.8. The summed E-state index contributed by atoms with van der Waals surface area (Å²) in [5.74, 6) is 1.69. The Morgan fingerprint density at radius 1 is 1.06 bits per heavy atom. The first-order chi connectivity index (χ1) is 16.5. The van der Waals surface area contributed by atoms with Gasteiger partial charge in [-0.15, -0.1) is 0 Å². The molecule has 0 aliphatic carbocycles. The van der Waals surface area contributed by atoms with E-state index in [4.69, 9.17) is 18.6 Å². The third-order valence-electron chi connectivity index (χ3n) is 5.29. The van der Waals surface area contributed by atoms with Gasteiger partial charge in [0, 0.05) is 25.0 Å². The Morgan fingerprint density at radius 2 is 1.88 bits per heavy atom. The summed E-state index contributed by atoms with van der Waals surface area (Å²) < 4.78 is 22.2. The molecule has 0 unspecified atom stereocenters. The van der Waals surface area contributed by atoms with E-state index in [1.807, 2.05) is 6.07 Å². The maximum absolute atomic E-state index is 13.3. The second kappa shape index (κ2) is 10.1. The van der Waals surface area contributed by atoms with Crippen LogP contribution in [0.5, 0.6) is 17.2 Å². The molecule has 2 aromatic carbocycles. The average Bonchev–Trinajstić information content (AvgIpc) is 2.86. The fourth-order valence-electron chi connectivity index (χ4n) is 3.60. The van der Waals surface area contributed by atoms with Crippen LogP contribution in [0.15, 0.2) is 70.1 Å². The lowest BCUT2D eigenvalue weighted by molar-refractivity contribution is -0.123. The standard InChI is InChI=1S/C26H24N2O6/c1-16-25(18-6-9-21(31-2)23(11-18)32-3)26(30)20-8-7-19(12-22(20)34-16)33-15-24(29)28-14-17-5-4-10-27-13-17/h4-13H,14-15H2,1-3H3,(H,28,29). The molecule has 4 rings (SSSR count). The molecule has 2 heterocycles. The quantitative estimate of drug-likeness (QED) is 0.426. The van der Waals surface area contributed by atoms with Crippen LogP contribution in [0, 0.1) is 6.92 Å². The van der Waals surface area contributed by atoms with E-state index >= 15 is 0 Å². The van der Waals surface area contributed by atoms with Gasteiger partial charge in [-0.3, -0.25) is 14.6 Å². The van der Waals surface area contributed by atoms with E-state index in [2.05, 4.69) is 10.3 Å². The van der Waals surface area contributed by atoms with Crippen LogP contribution in [-0.2, 0) is 11.3 Å². The number of nitrogens with one attached hydrogen (secondary N) is 1. The number of hydrogen-bond donors (Lipinski definition) is 1. The van der Waals surface area contributed by atoms with Crippen LogP contribution in [0.3, 0.4) is 0 Å². The molecule has 0 atom stereocenters. The van der Waals surface area contributed by atoms with Crippen LogP contribution in [0.2, 0.25) is 0 Å². The van der Waals surface area contributed by atoms with Crippen molar-refractivity contribution in [1.29, 1.82) is 0 Å². The molecular weight excluding hydrogens is 436 g/mol. The van der Waals surface area contributed by atoms with E-state index in [1.54, 1.807) is 68.9 Å². The minimum absolute atomic E-state index is 0.168. The molecule has 8 nitrogen and oxygen atoms in total. The first-order valence-electron chi connectivity index (χ1n) is 10.6. The van der Waals surface area contributed by atoms with E-state index in [9.17, 15) is 9.59 Å². The average molecular weight is 460 g/mol. The van der Waals surface area contributed by atoms with Gasteiger partial charge in [0.25, 0.3) is 5.91 Å². The second-order valence-electron chi connectivity index (χ2n) is 7.52. The van der Waals surface area contributed by atoms with Gasteiger partial charge in [0.1, 0.15) is 17.1 Å². The Bertz CT molecular complexity index is 1380. The second-order valence-corrected chi connectivity index (χ2v) is 7.52. The lowest BCUT2D eigenvalue weighted by Gasteiger charge is -2.12. The zero-order valence-corrected chi connectivity index (χ0v) is 19.1. The minimum Gasteiger partial charge on any atom is -0.493 e. The summed E-state index contributed by atoms with van der Waals surface area (Å²) in [6.07, 6.45) is 3.36. The molecule has 174 valence electrons. The van der Waals surface area contributed by atoms with E-state index in [0.29, 0.717) is 51.6 Å².